The Morgan fingerprint density at radius 1 is 1.36 bits per heavy atom. The van der Waals surface area contributed by atoms with Crippen LogP contribution in [-0.2, 0) is 34.0 Å². The summed E-state index contributed by atoms with van der Waals surface area (Å²) in [5.41, 5.74) is 1.54. The number of fused-ring (bicyclic) bond motifs is 1. The van der Waals surface area contributed by atoms with Gasteiger partial charge in [-0.2, -0.15) is 0 Å². The molecular formula is C19H20F2N2O5. The van der Waals surface area contributed by atoms with E-state index in [2.05, 4.69) is 0 Å². The van der Waals surface area contributed by atoms with Crippen LogP contribution in [0.5, 0.6) is 0 Å². The van der Waals surface area contributed by atoms with Gasteiger partial charge in [-0.3, -0.25) is 9.69 Å². The number of carbonyl (C=O) groups is 2. The molecule has 1 N–H and O–H groups in total. The average Bonchev–Trinajstić information content (AvgIpc) is 3.01. The molecule has 0 bridgehead atoms. The molecule has 2 aromatic rings. The number of hydrogen-bond acceptors (Lipinski definition) is 5. The highest BCUT2D eigenvalue weighted by molar-refractivity contribution is 5.91. The van der Waals surface area contributed by atoms with Crippen molar-refractivity contribution in [3.8, 4) is 0 Å². The van der Waals surface area contributed by atoms with Gasteiger partial charge in [-0.25, -0.2) is 13.6 Å². The second-order valence-electron chi connectivity index (χ2n) is 6.51. The summed E-state index contributed by atoms with van der Waals surface area (Å²) in [7, 11) is 2.80. The highest BCUT2D eigenvalue weighted by atomic mass is 19.1. The lowest BCUT2D eigenvalue weighted by Gasteiger charge is -2.27. The van der Waals surface area contributed by atoms with Gasteiger partial charge < -0.3 is 19.1 Å². The summed E-state index contributed by atoms with van der Waals surface area (Å²) in [5.74, 6) is -3.49. The third kappa shape index (κ3) is 3.76. The molecular weight excluding hydrogens is 374 g/mol. The molecule has 150 valence electrons. The molecule has 1 aliphatic rings. The molecule has 0 amide bonds. The Hall–Kier alpha value is -2.78. The van der Waals surface area contributed by atoms with Gasteiger partial charge in [-0.1, -0.05) is 6.07 Å². The van der Waals surface area contributed by atoms with E-state index in [-0.39, 0.29) is 18.7 Å². The van der Waals surface area contributed by atoms with Crippen LogP contribution >= 0.6 is 0 Å². The predicted molar refractivity (Wildman–Crippen MR) is 93.6 cm³/mol. The summed E-state index contributed by atoms with van der Waals surface area (Å²) in [4.78, 5) is 25.3. The minimum Gasteiger partial charge on any atom is -0.480 e. The minimum atomic E-state index is -1.33. The summed E-state index contributed by atoms with van der Waals surface area (Å²) in [6.07, 6.45) is 0. The lowest BCUT2D eigenvalue weighted by atomic mass is 10.0. The molecule has 3 rings (SSSR count). The maximum atomic E-state index is 14.2. The van der Waals surface area contributed by atoms with Crippen molar-refractivity contribution in [1.29, 1.82) is 0 Å². The van der Waals surface area contributed by atoms with Gasteiger partial charge in [0, 0.05) is 30.4 Å². The molecule has 2 heterocycles. The topological polar surface area (TPSA) is 81.0 Å². The number of benzene rings is 1. The number of esters is 1. The van der Waals surface area contributed by atoms with E-state index >= 15 is 0 Å². The normalized spacial score (nSPS) is 14.6. The summed E-state index contributed by atoms with van der Waals surface area (Å²) >= 11 is 0. The Bertz CT molecular complexity index is 912. The van der Waals surface area contributed by atoms with E-state index in [1.165, 1.54) is 19.1 Å². The Morgan fingerprint density at radius 2 is 2.11 bits per heavy atom. The first-order chi connectivity index (χ1) is 13.3. The number of carbonyl (C=O) groups excluding carboxylic acids is 1. The Labute approximate surface area is 160 Å². The molecule has 1 unspecified atom stereocenters. The second-order valence-corrected chi connectivity index (χ2v) is 6.51. The summed E-state index contributed by atoms with van der Waals surface area (Å²) < 4.78 is 39.5. The highest BCUT2D eigenvalue weighted by Gasteiger charge is 2.30. The largest absolute Gasteiger partial charge is 0.480 e. The van der Waals surface area contributed by atoms with Crippen LogP contribution < -0.4 is 0 Å². The van der Waals surface area contributed by atoms with E-state index in [9.17, 15) is 23.5 Å². The second kappa shape index (κ2) is 8.07. The van der Waals surface area contributed by atoms with Crippen molar-refractivity contribution in [3.63, 3.8) is 0 Å². The first-order valence-corrected chi connectivity index (χ1v) is 8.58. The van der Waals surface area contributed by atoms with E-state index in [4.69, 9.17) is 9.47 Å². The summed E-state index contributed by atoms with van der Waals surface area (Å²) in [6.45, 7) is 1.31. The number of aromatic nitrogens is 1. The van der Waals surface area contributed by atoms with Crippen LogP contribution in [-0.4, -0.2) is 47.3 Å². The van der Waals surface area contributed by atoms with Crippen molar-refractivity contribution in [2.75, 3.05) is 20.8 Å². The number of hydrogen-bond donors (Lipinski definition) is 1. The fraction of sp³-hybridized carbons (Fsp3) is 0.368. The van der Waals surface area contributed by atoms with Crippen LogP contribution in [0.25, 0.3) is 0 Å². The van der Waals surface area contributed by atoms with Crippen LogP contribution in [0.4, 0.5) is 8.78 Å². The first kappa shape index (κ1) is 20.0. The van der Waals surface area contributed by atoms with E-state index in [0.717, 1.165) is 12.1 Å². The highest BCUT2D eigenvalue weighted by Crippen LogP contribution is 2.28. The molecule has 0 spiro atoms. The van der Waals surface area contributed by atoms with E-state index in [1.54, 1.807) is 6.07 Å². The van der Waals surface area contributed by atoms with Gasteiger partial charge in [0.15, 0.2) is 0 Å². The van der Waals surface area contributed by atoms with Gasteiger partial charge in [-0.05, 0) is 19.2 Å². The number of ether oxygens (including phenoxy) is 2. The number of halogens is 2. The third-order valence-electron chi connectivity index (χ3n) is 4.74. The fourth-order valence-electron chi connectivity index (χ4n) is 3.45. The predicted octanol–water partition coefficient (Wildman–Crippen LogP) is 2.34. The van der Waals surface area contributed by atoms with Crippen LogP contribution in [0.3, 0.4) is 0 Å². The van der Waals surface area contributed by atoms with E-state index in [0.29, 0.717) is 36.2 Å². The fourth-order valence-corrected chi connectivity index (χ4v) is 3.45. The average molecular weight is 394 g/mol. The zero-order valence-electron chi connectivity index (χ0n) is 15.4. The molecule has 9 heteroatoms. The molecule has 0 saturated heterocycles. The van der Waals surface area contributed by atoms with Gasteiger partial charge in [0.25, 0.3) is 0 Å². The molecule has 1 aromatic heterocycles. The number of methoxy groups -OCH3 is 1. The molecule has 0 fully saturated rings. The molecule has 0 saturated carbocycles. The smallest absolute Gasteiger partial charge is 0.339 e. The van der Waals surface area contributed by atoms with Crippen molar-refractivity contribution in [1.82, 2.24) is 9.47 Å². The summed E-state index contributed by atoms with van der Waals surface area (Å²) in [5, 5.41) is 9.64. The van der Waals surface area contributed by atoms with Crippen LogP contribution in [0.2, 0.25) is 0 Å². The van der Waals surface area contributed by atoms with Gasteiger partial charge in [0.2, 0.25) is 0 Å². The number of carboxylic acids is 1. The first-order valence-electron chi connectivity index (χ1n) is 8.58. The molecule has 0 aliphatic carbocycles. The maximum absolute atomic E-state index is 14.2. The number of rotatable bonds is 6. The molecule has 1 atom stereocenters. The van der Waals surface area contributed by atoms with Crippen molar-refractivity contribution in [3.05, 3.63) is 58.4 Å². The van der Waals surface area contributed by atoms with Crippen molar-refractivity contribution in [2.45, 2.75) is 25.7 Å². The SMILES string of the molecule is COC(=O)c1cc(CN(C)C(C(=O)O)c2ccc(F)cc2F)n2c1COCC2. The standard InChI is InChI=1S/C19H20F2N2O5/c1-22(17(18(24)25)13-4-3-11(20)7-15(13)21)9-12-8-14(19(26)27-2)16-10-28-6-5-23(12)16/h3-4,7-8,17H,5-6,9-10H2,1-2H3,(H,24,25). The third-order valence-corrected chi connectivity index (χ3v) is 4.74. The van der Waals surface area contributed by atoms with Crippen LogP contribution in [0, 0.1) is 11.6 Å². The van der Waals surface area contributed by atoms with Gasteiger partial charge in [0.05, 0.1) is 31.6 Å². The molecule has 1 aromatic carbocycles. The van der Waals surface area contributed by atoms with Crippen molar-refractivity contribution in [2.24, 2.45) is 0 Å². The lowest BCUT2D eigenvalue weighted by molar-refractivity contribution is -0.143. The molecule has 0 radical (unpaired) electrons. The zero-order valence-corrected chi connectivity index (χ0v) is 15.4. The van der Waals surface area contributed by atoms with Crippen molar-refractivity contribution < 1.29 is 33.0 Å². The van der Waals surface area contributed by atoms with Gasteiger partial charge >= 0.3 is 11.9 Å². The Balaban J connectivity index is 1.94. The van der Waals surface area contributed by atoms with E-state index < -0.39 is 29.6 Å². The molecule has 1 aliphatic heterocycles. The zero-order chi connectivity index (χ0) is 20.4. The number of nitrogens with zero attached hydrogens (tertiary/aromatic N) is 2. The van der Waals surface area contributed by atoms with Crippen LogP contribution in [0.1, 0.15) is 33.4 Å². The number of aliphatic carboxylic acids is 1. The summed E-state index contributed by atoms with van der Waals surface area (Å²) in [6, 6.07) is 3.11. The monoisotopic (exact) mass is 394 g/mol. The van der Waals surface area contributed by atoms with Gasteiger partial charge in [0.1, 0.15) is 17.7 Å². The van der Waals surface area contributed by atoms with Gasteiger partial charge in [-0.15, -0.1) is 0 Å². The maximum Gasteiger partial charge on any atom is 0.339 e. The van der Waals surface area contributed by atoms with E-state index in [1.807, 2.05) is 4.57 Å². The molecule has 7 nitrogen and oxygen atoms in total. The van der Waals surface area contributed by atoms with Crippen LogP contribution in [0.15, 0.2) is 24.3 Å². The Morgan fingerprint density at radius 3 is 2.75 bits per heavy atom. The number of carboxylic acid groups (broad SMARTS) is 1. The minimum absolute atomic E-state index is 0.123. The van der Waals surface area contributed by atoms with Crippen molar-refractivity contribution >= 4 is 11.9 Å². The quantitative estimate of drug-likeness (QED) is 0.758. The lowest BCUT2D eigenvalue weighted by Crippen LogP contribution is -2.32. The number of likely N-dealkylation sites (N-methyl/N-ethyl adjacent to an activating group) is 1. The molecule has 28 heavy (non-hydrogen) atoms. The Kier molecular flexibility index (Phi) is 5.76.